The molecule has 45 heavy (non-hydrogen) atoms. The standard InChI is InChI=1S/C32H29F3N4O5S/c33-32(34,35)44-25-8-4-7-24-28(25)45-31(37-24)39-30(43)38-27(21-11-9-20(10-12-21)19-5-2-1-3-6-19)22-13-15-23(16-14-22)29(42)36-18-17-26(40)41/h4-5,7-16,27H,1-3,6,17-18H2,(H,36,42)(H,40,41)(H2,37,38,39,43). The molecule has 0 saturated carbocycles. The fourth-order valence-electron chi connectivity index (χ4n) is 5.01. The molecule has 4 N–H and O–H groups in total. The molecule has 0 bridgehead atoms. The molecular formula is C32H29F3N4O5S. The number of alkyl halides is 3. The smallest absolute Gasteiger partial charge is 0.481 e. The van der Waals surface area contributed by atoms with E-state index in [1.165, 1.54) is 30.2 Å². The molecule has 0 saturated heterocycles. The van der Waals surface area contributed by atoms with Crippen molar-refractivity contribution in [3.05, 3.63) is 95.1 Å². The summed E-state index contributed by atoms with van der Waals surface area (Å²) in [5, 5.41) is 17.0. The zero-order chi connectivity index (χ0) is 32.0. The topological polar surface area (TPSA) is 130 Å². The van der Waals surface area contributed by atoms with Crippen LogP contribution >= 0.6 is 11.3 Å². The summed E-state index contributed by atoms with van der Waals surface area (Å²) >= 11 is 0.847. The number of anilines is 1. The van der Waals surface area contributed by atoms with E-state index >= 15 is 0 Å². The number of aliphatic carboxylic acids is 1. The second-order valence-electron chi connectivity index (χ2n) is 10.3. The molecule has 0 radical (unpaired) electrons. The first-order chi connectivity index (χ1) is 21.6. The van der Waals surface area contributed by atoms with E-state index in [0.29, 0.717) is 11.1 Å². The highest BCUT2D eigenvalue weighted by molar-refractivity contribution is 7.22. The fourth-order valence-corrected chi connectivity index (χ4v) is 5.92. The third-order valence-electron chi connectivity index (χ3n) is 7.14. The summed E-state index contributed by atoms with van der Waals surface area (Å²) in [6.45, 7) is -0.0152. The van der Waals surface area contributed by atoms with Crippen LogP contribution in [0.25, 0.3) is 15.8 Å². The largest absolute Gasteiger partial charge is 0.573 e. The minimum absolute atomic E-state index is 0.0152. The van der Waals surface area contributed by atoms with Crippen LogP contribution in [0.4, 0.5) is 23.1 Å². The Labute approximate surface area is 260 Å². The molecule has 1 heterocycles. The second kappa shape index (κ2) is 13.8. The van der Waals surface area contributed by atoms with Crippen LogP contribution in [-0.2, 0) is 4.79 Å². The van der Waals surface area contributed by atoms with Gasteiger partial charge in [0.05, 0.1) is 22.7 Å². The molecule has 1 unspecified atom stereocenters. The lowest BCUT2D eigenvalue weighted by Crippen LogP contribution is -2.33. The average molecular weight is 639 g/mol. The number of thiazole rings is 1. The Bertz CT molecular complexity index is 1720. The summed E-state index contributed by atoms with van der Waals surface area (Å²) in [6.07, 6.45) is 1.48. The lowest BCUT2D eigenvalue weighted by molar-refractivity contribution is -0.274. The second-order valence-corrected chi connectivity index (χ2v) is 11.3. The highest BCUT2D eigenvalue weighted by atomic mass is 32.1. The third kappa shape index (κ3) is 8.38. The number of carbonyl (C=O) groups excluding carboxylic acids is 2. The van der Waals surface area contributed by atoms with E-state index in [1.54, 1.807) is 24.3 Å². The number of carboxylic acid groups (broad SMARTS) is 1. The van der Waals surface area contributed by atoms with Crippen molar-refractivity contribution in [3.8, 4) is 5.75 Å². The van der Waals surface area contributed by atoms with Crippen molar-refractivity contribution in [2.24, 2.45) is 0 Å². The van der Waals surface area contributed by atoms with Gasteiger partial charge in [0, 0.05) is 12.1 Å². The lowest BCUT2D eigenvalue weighted by atomic mass is 9.91. The minimum Gasteiger partial charge on any atom is -0.481 e. The normalized spacial score (nSPS) is 13.9. The van der Waals surface area contributed by atoms with E-state index in [1.807, 2.05) is 24.3 Å². The SMILES string of the molecule is O=C(O)CCNC(=O)c1ccc(C(NC(=O)Nc2nc3cccc(OC(F)(F)F)c3s2)c2ccc(C3=CCCCC3)cc2)cc1. The van der Waals surface area contributed by atoms with Gasteiger partial charge in [-0.05, 0) is 72.2 Å². The number of halogens is 3. The Morgan fingerprint density at radius 3 is 2.33 bits per heavy atom. The maximum Gasteiger partial charge on any atom is 0.573 e. The molecule has 0 spiro atoms. The molecule has 0 fully saturated rings. The summed E-state index contributed by atoms with van der Waals surface area (Å²) in [4.78, 5) is 40.7. The van der Waals surface area contributed by atoms with Gasteiger partial charge in [-0.25, -0.2) is 9.78 Å². The summed E-state index contributed by atoms with van der Waals surface area (Å²) < 4.78 is 42.9. The first kappa shape index (κ1) is 31.5. The van der Waals surface area contributed by atoms with Gasteiger partial charge in [-0.1, -0.05) is 59.9 Å². The van der Waals surface area contributed by atoms with Crippen LogP contribution in [0, 0.1) is 0 Å². The van der Waals surface area contributed by atoms with Gasteiger partial charge >= 0.3 is 18.4 Å². The Morgan fingerprint density at radius 1 is 0.978 bits per heavy atom. The zero-order valence-electron chi connectivity index (χ0n) is 23.8. The predicted molar refractivity (Wildman–Crippen MR) is 164 cm³/mol. The Morgan fingerprint density at radius 2 is 1.69 bits per heavy atom. The number of amides is 3. The monoisotopic (exact) mass is 638 g/mol. The van der Waals surface area contributed by atoms with Gasteiger partial charge in [0.25, 0.3) is 5.91 Å². The highest BCUT2D eigenvalue weighted by Crippen LogP contribution is 2.36. The van der Waals surface area contributed by atoms with Crippen LogP contribution in [0.1, 0.15) is 65.2 Å². The number of hydrogen-bond acceptors (Lipinski definition) is 6. The number of rotatable bonds is 10. The number of carbonyl (C=O) groups is 3. The number of ether oxygens (including phenoxy) is 1. The number of urea groups is 1. The van der Waals surface area contributed by atoms with Gasteiger partial charge in [0.1, 0.15) is 5.75 Å². The molecule has 5 rings (SSSR count). The van der Waals surface area contributed by atoms with Crippen molar-refractivity contribution in [2.75, 3.05) is 11.9 Å². The molecule has 1 aromatic heterocycles. The van der Waals surface area contributed by atoms with Crippen molar-refractivity contribution in [3.63, 3.8) is 0 Å². The van der Waals surface area contributed by atoms with Gasteiger partial charge in [-0.2, -0.15) is 0 Å². The van der Waals surface area contributed by atoms with E-state index in [4.69, 9.17) is 5.11 Å². The number of hydrogen-bond donors (Lipinski definition) is 4. The average Bonchev–Trinajstić information content (AvgIpc) is 3.43. The Kier molecular flexibility index (Phi) is 9.67. The van der Waals surface area contributed by atoms with E-state index in [-0.39, 0.29) is 28.3 Å². The Balaban J connectivity index is 1.37. The van der Waals surface area contributed by atoms with Gasteiger partial charge in [0.15, 0.2) is 5.13 Å². The third-order valence-corrected chi connectivity index (χ3v) is 8.14. The maximum absolute atomic E-state index is 13.2. The summed E-state index contributed by atoms with van der Waals surface area (Å²) in [5.41, 5.74) is 4.34. The van der Waals surface area contributed by atoms with Crippen molar-refractivity contribution in [1.29, 1.82) is 0 Å². The van der Waals surface area contributed by atoms with Gasteiger partial charge in [-0.15, -0.1) is 13.2 Å². The fraction of sp³-hybridized carbons (Fsp3) is 0.250. The molecular weight excluding hydrogens is 609 g/mol. The highest BCUT2D eigenvalue weighted by Gasteiger charge is 2.32. The summed E-state index contributed by atoms with van der Waals surface area (Å²) in [7, 11) is 0. The number of aromatic nitrogens is 1. The van der Waals surface area contributed by atoms with Gasteiger partial charge in [0.2, 0.25) is 0 Å². The molecule has 0 aliphatic heterocycles. The molecule has 3 amide bonds. The molecule has 3 aromatic carbocycles. The number of nitrogens with zero attached hydrogens (tertiary/aromatic N) is 1. The van der Waals surface area contributed by atoms with Crippen LogP contribution < -0.4 is 20.7 Å². The van der Waals surface area contributed by atoms with Crippen molar-refractivity contribution in [2.45, 2.75) is 44.5 Å². The quantitative estimate of drug-likeness (QED) is 0.145. The summed E-state index contributed by atoms with van der Waals surface area (Å²) in [5.74, 6) is -1.87. The van der Waals surface area contributed by atoms with Crippen LogP contribution in [-0.4, -0.2) is 40.9 Å². The first-order valence-electron chi connectivity index (χ1n) is 14.2. The van der Waals surface area contributed by atoms with E-state index in [2.05, 4.69) is 31.7 Å². The van der Waals surface area contributed by atoms with Crippen molar-refractivity contribution < 1.29 is 37.4 Å². The number of fused-ring (bicyclic) bond motifs is 1. The van der Waals surface area contributed by atoms with Gasteiger partial charge < -0.3 is 20.5 Å². The van der Waals surface area contributed by atoms with Crippen LogP contribution in [0.15, 0.2) is 72.8 Å². The van der Waals surface area contributed by atoms with Crippen LogP contribution in [0.3, 0.4) is 0 Å². The van der Waals surface area contributed by atoms with Gasteiger partial charge in [-0.3, -0.25) is 14.9 Å². The minimum atomic E-state index is -4.88. The Hall–Kier alpha value is -4.91. The van der Waals surface area contributed by atoms with Crippen molar-refractivity contribution >= 4 is 50.2 Å². The molecule has 234 valence electrons. The molecule has 13 heteroatoms. The molecule has 4 aromatic rings. The first-order valence-corrected chi connectivity index (χ1v) is 15.0. The number of carboxylic acids is 1. The number of benzene rings is 3. The number of nitrogens with one attached hydrogen (secondary N) is 3. The predicted octanol–water partition coefficient (Wildman–Crippen LogP) is 7.27. The van der Waals surface area contributed by atoms with Crippen molar-refractivity contribution in [1.82, 2.24) is 15.6 Å². The van der Waals surface area contributed by atoms with E-state index < -0.39 is 36.1 Å². The molecule has 9 nitrogen and oxygen atoms in total. The molecule has 1 aliphatic rings. The van der Waals surface area contributed by atoms with E-state index in [0.717, 1.165) is 41.7 Å². The summed E-state index contributed by atoms with van der Waals surface area (Å²) in [6, 6.07) is 17.1. The van der Waals surface area contributed by atoms with Crippen LogP contribution in [0.2, 0.25) is 0 Å². The van der Waals surface area contributed by atoms with E-state index in [9.17, 15) is 27.6 Å². The van der Waals surface area contributed by atoms with Crippen LogP contribution in [0.5, 0.6) is 5.75 Å². The number of allylic oxidation sites excluding steroid dienone is 2. The maximum atomic E-state index is 13.2. The lowest BCUT2D eigenvalue weighted by Gasteiger charge is -2.21. The molecule has 1 atom stereocenters. The molecule has 1 aliphatic carbocycles. The zero-order valence-corrected chi connectivity index (χ0v) is 24.6.